The molecule has 0 spiro atoms. The van der Waals surface area contributed by atoms with Crippen LogP contribution in [0.5, 0.6) is 0 Å². The van der Waals surface area contributed by atoms with Gasteiger partial charge in [-0.1, -0.05) is 39.0 Å². The van der Waals surface area contributed by atoms with Gasteiger partial charge in [0.15, 0.2) is 0 Å². The van der Waals surface area contributed by atoms with Crippen molar-refractivity contribution in [3.05, 3.63) is 26.0 Å². The first-order chi connectivity index (χ1) is 9.72. The molecule has 0 aliphatic carbocycles. The molecule has 2 heterocycles. The lowest BCUT2D eigenvalue weighted by atomic mass is 10.1. The summed E-state index contributed by atoms with van der Waals surface area (Å²) in [5.74, 6) is 1.06. The van der Waals surface area contributed by atoms with Crippen molar-refractivity contribution in [1.29, 1.82) is 0 Å². The van der Waals surface area contributed by atoms with E-state index in [0.717, 1.165) is 19.9 Å². The van der Waals surface area contributed by atoms with E-state index in [1.54, 1.807) is 11.3 Å². The lowest BCUT2D eigenvalue weighted by Crippen LogP contribution is -1.99. The van der Waals surface area contributed by atoms with Crippen molar-refractivity contribution in [2.75, 3.05) is 0 Å². The Morgan fingerprint density at radius 3 is 2.60 bits per heavy atom. The Hall–Kier alpha value is -0.130. The van der Waals surface area contributed by atoms with Crippen LogP contribution in [0.4, 0.5) is 0 Å². The van der Waals surface area contributed by atoms with Gasteiger partial charge in [-0.3, -0.25) is 0 Å². The van der Waals surface area contributed by atoms with Gasteiger partial charge in [0, 0.05) is 24.5 Å². The van der Waals surface area contributed by atoms with E-state index in [9.17, 15) is 0 Å². The van der Waals surface area contributed by atoms with E-state index in [1.165, 1.54) is 44.1 Å². The van der Waals surface area contributed by atoms with Gasteiger partial charge in [-0.15, -0.1) is 11.3 Å². The zero-order valence-corrected chi connectivity index (χ0v) is 15.7. The monoisotopic (exact) mass is 418 g/mol. The summed E-state index contributed by atoms with van der Waals surface area (Å²) in [6.07, 6.45) is 11.9. The number of aromatic nitrogens is 2. The molecule has 2 aromatic rings. The van der Waals surface area contributed by atoms with Crippen LogP contribution in [0, 0.1) is 0 Å². The van der Waals surface area contributed by atoms with Gasteiger partial charge in [0.05, 0.1) is 7.57 Å². The van der Waals surface area contributed by atoms with Gasteiger partial charge in [0.25, 0.3) is 0 Å². The number of aryl methyl sites for hydroxylation is 1. The topological polar surface area (TPSA) is 17.8 Å². The molecular formula is C15H20Br2N2S. The Bertz CT molecular complexity index is 534. The summed E-state index contributed by atoms with van der Waals surface area (Å²) >= 11 is 8.84. The fourth-order valence-corrected chi connectivity index (χ4v) is 5.08. The second-order valence-corrected chi connectivity index (χ2v) is 8.70. The fourth-order valence-electron chi connectivity index (χ4n) is 2.29. The highest BCUT2D eigenvalue weighted by atomic mass is 79.9. The average molecular weight is 420 g/mol. The number of unbranched alkanes of at least 4 members (excludes halogenated alkanes) is 5. The SMILES string of the molecule is CCCCCCCCn1ccnc1-c1cc(Br)sc1Br. The first kappa shape index (κ1) is 16.2. The number of hydrogen-bond acceptors (Lipinski definition) is 2. The molecule has 0 saturated carbocycles. The standard InChI is InChI=1S/C15H20Br2N2S/c1-2-3-4-5-6-7-9-19-10-8-18-15(19)12-11-13(16)20-14(12)17/h8,10-11H,2-7,9H2,1H3. The van der Waals surface area contributed by atoms with Crippen LogP contribution in [0.3, 0.4) is 0 Å². The minimum absolute atomic E-state index is 1.06. The molecule has 0 aliphatic rings. The van der Waals surface area contributed by atoms with Crippen molar-refractivity contribution in [2.45, 2.75) is 52.0 Å². The molecule has 2 rings (SSSR count). The Labute approximate surface area is 141 Å². The van der Waals surface area contributed by atoms with E-state index in [4.69, 9.17) is 0 Å². The van der Waals surface area contributed by atoms with E-state index in [0.29, 0.717) is 0 Å². The highest BCUT2D eigenvalue weighted by Gasteiger charge is 2.12. The van der Waals surface area contributed by atoms with Crippen molar-refractivity contribution >= 4 is 43.2 Å². The predicted octanol–water partition coefficient (Wildman–Crippen LogP) is 6.50. The van der Waals surface area contributed by atoms with E-state index in [1.807, 2.05) is 6.20 Å². The lowest BCUT2D eigenvalue weighted by molar-refractivity contribution is 0.560. The molecule has 0 fully saturated rings. The average Bonchev–Trinajstić information content (AvgIpc) is 3.00. The fraction of sp³-hybridized carbons (Fsp3) is 0.533. The smallest absolute Gasteiger partial charge is 0.141 e. The summed E-state index contributed by atoms with van der Waals surface area (Å²) in [5.41, 5.74) is 1.18. The second kappa shape index (κ2) is 8.35. The first-order valence-corrected chi connectivity index (χ1v) is 9.59. The van der Waals surface area contributed by atoms with E-state index in [2.05, 4.69) is 60.6 Å². The summed E-state index contributed by atoms with van der Waals surface area (Å²) in [6.45, 7) is 3.32. The van der Waals surface area contributed by atoms with E-state index in [-0.39, 0.29) is 0 Å². The zero-order chi connectivity index (χ0) is 14.4. The molecule has 0 bridgehead atoms. The quantitative estimate of drug-likeness (QED) is 0.446. The van der Waals surface area contributed by atoms with Crippen LogP contribution < -0.4 is 0 Å². The molecule has 110 valence electrons. The summed E-state index contributed by atoms with van der Waals surface area (Å²) in [6, 6.07) is 2.13. The van der Waals surface area contributed by atoms with Crippen LogP contribution in [0.1, 0.15) is 45.4 Å². The number of hydrogen-bond donors (Lipinski definition) is 0. The number of rotatable bonds is 8. The number of thiophene rings is 1. The molecule has 0 saturated heterocycles. The maximum atomic E-state index is 4.51. The van der Waals surface area contributed by atoms with Gasteiger partial charge in [-0.25, -0.2) is 4.98 Å². The summed E-state index contributed by atoms with van der Waals surface area (Å²) in [5, 5.41) is 0. The Morgan fingerprint density at radius 1 is 1.15 bits per heavy atom. The minimum Gasteiger partial charge on any atom is -0.331 e. The molecule has 0 N–H and O–H groups in total. The molecule has 0 amide bonds. The number of halogens is 2. The molecule has 2 aromatic heterocycles. The highest BCUT2D eigenvalue weighted by molar-refractivity contribution is 9.12. The number of nitrogens with zero attached hydrogens (tertiary/aromatic N) is 2. The van der Waals surface area contributed by atoms with Gasteiger partial charge in [-0.05, 0) is 44.3 Å². The largest absolute Gasteiger partial charge is 0.331 e. The third-order valence-electron chi connectivity index (χ3n) is 3.37. The van der Waals surface area contributed by atoms with Gasteiger partial charge in [0.2, 0.25) is 0 Å². The van der Waals surface area contributed by atoms with Crippen molar-refractivity contribution in [1.82, 2.24) is 9.55 Å². The predicted molar refractivity (Wildman–Crippen MR) is 94.3 cm³/mol. The summed E-state index contributed by atoms with van der Waals surface area (Å²) in [7, 11) is 0. The lowest BCUT2D eigenvalue weighted by Gasteiger charge is -2.07. The van der Waals surface area contributed by atoms with Gasteiger partial charge >= 0.3 is 0 Å². The van der Waals surface area contributed by atoms with Crippen molar-refractivity contribution in [3.63, 3.8) is 0 Å². The minimum atomic E-state index is 1.06. The van der Waals surface area contributed by atoms with E-state index >= 15 is 0 Å². The van der Waals surface area contributed by atoms with Crippen LogP contribution in [-0.2, 0) is 6.54 Å². The maximum absolute atomic E-state index is 4.51. The van der Waals surface area contributed by atoms with Crippen LogP contribution in [-0.4, -0.2) is 9.55 Å². The van der Waals surface area contributed by atoms with Gasteiger partial charge in [-0.2, -0.15) is 0 Å². The summed E-state index contributed by atoms with van der Waals surface area (Å²) < 4.78 is 4.53. The Kier molecular flexibility index (Phi) is 6.78. The highest BCUT2D eigenvalue weighted by Crippen LogP contribution is 2.37. The maximum Gasteiger partial charge on any atom is 0.141 e. The molecule has 0 radical (unpaired) electrons. The molecule has 20 heavy (non-hydrogen) atoms. The third kappa shape index (κ3) is 4.43. The second-order valence-electron chi connectivity index (χ2n) is 4.95. The molecule has 5 heteroatoms. The molecule has 0 aromatic carbocycles. The van der Waals surface area contributed by atoms with Gasteiger partial charge in [0.1, 0.15) is 5.82 Å². The molecule has 0 aliphatic heterocycles. The number of imidazole rings is 1. The van der Waals surface area contributed by atoms with Gasteiger partial charge < -0.3 is 4.57 Å². The van der Waals surface area contributed by atoms with Crippen molar-refractivity contribution < 1.29 is 0 Å². The van der Waals surface area contributed by atoms with Crippen molar-refractivity contribution in [2.24, 2.45) is 0 Å². The third-order valence-corrected chi connectivity index (χ3v) is 5.70. The molecule has 0 atom stereocenters. The molecule has 2 nitrogen and oxygen atoms in total. The van der Waals surface area contributed by atoms with Crippen LogP contribution in [0.2, 0.25) is 0 Å². The zero-order valence-electron chi connectivity index (χ0n) is 11.7. The Balaban J connectivity index is 1.91. The van der Waals surface area contributed by atoms with Crippen LogP contribution in [0.15, 0.2) is 26.0 Å². The van der Waals surface area contributed by atoms with Crippen LogP contribution >= 0.6 is 43.2 Å². The summed E-state index contributed by atoms with van der Waals surface area (Å²) in [4.78, 5) is 4.51. The van der Waals surface area contributed by atoms with E-state index < -0.39 is 0 Å². The van der Waals surface area contributed by atoms with Crippen LogP contribution in [0.25, 0.3) is 11.4 Å². The molecular weight excluding hydrogens is 400 g/mol. The first-order valence-electron chi connectivity index (χ1n) is 7.18. The normalized spacial score (nSPS) is 11.2. The van der Waals surface area contributed by atoms with Crippen molar-refractivity contribution in [3.8, 4) is 11.4 Å². The molecule has 0 unspecified atom stereocenters. The Morgan fingerprint density at radius 2 is 1.90 bits per heavy atom.